The highest BCUT2D eigenvalue weighted by Gasteiger charge is 2.34. The van der Waals surface area contributed by atoms with Crippen LogP contribution < -0.4 is 5.32 Å². The molecule has 110 valence electrons. The van der Waals surface area contributed by atoms with Gasteiger partial charge in [0.25, 0.3) is 0 Å². The number of nitrogens with one attached hydrogen (secondary N) is 1. The summed E-state index contributed by atoms with van der Waals surface area (Å²) in [7, 11) is -3.25. The Morgan fingerprint density at radius 2 is 2.30 bits per heavy atom. The van der Waals surface area contributed by atoms with Crippen LogP contribution >= 0.6 is 0 Å². The summed E-state index contributed by atoms with van der Waals surface area (Å²) in [5.74, 6) is 0.361. The zero-order chi connectivity index (χ0) is 14.8. The predicted molar refractivity (Wildman–Crippen MR) is 73.1 cm³/mol. The molecule has 1 N–H and O–H groups in total. The van der Waals surface area contributed by atoms with Gasteiger partial charge in [-0.25, -0.2) is 18.4 Å². The summed E-state index contributed by atoms with van der Waals surface area (Å²) >= 11 is 0. The van der Waals surface area contributed by atoms with Gasteiger partial charge in [0.1, 0.15) is 5.82 Å². The summed E-state index contributed by atoms with van der Waals surface area (Å²) in [6, 6.07) is 1.40. The Balaban J connectivity index is 2.20. The summed E-state index contributed by atoms with van der Waals surface area (Å²) in [5.41, 5.74) is 0.672. The van der Waals surface area contributed by atoms with E-state index in [-0.39, 0.29) is 11.9 Å². The number of carbonyl (C=O) groups excluding carboxylic acids is 1. The standard InChI is InChI=1S/C12H18N4O3S/c1-9(17)14-8-10-5-6-13-12(15-10)11-4-3-7-16(11)20(2,18)19/h5-6,11H,3-4,7-8H2,1-2H3,(H,14,17). The molecule has 20 heavy (non-hydrogen) atoms. The van der Waals surface area contributed by atoms with Crippen molar-refractivity contribution < 1.29 is 13.2 Å². The molecular weight excluding hydrogens is 280 g/mol. The summed E-state index contributed by atoms with van der Waals surface area (Å²) < 4.78 is 24.9. The van der Waals surface area contributed by atoms with Crippen LogP contribution in [0.1, 0.15) is 37.3 Å². The number of carbonyl (C=O) groups is 1. The van der Waals surface area contributed by atoms with Crippen molar-refractivity contribution in [2.24, 2.45) is 0 Å². The van der Waals surface area contributed by atoms with Gasteiger partial charge in [-0.3, -0.25) is 4.79 Å². The monoisotopic (exact) mass is 298 g/mol. The summed E-state index contributed by atoms with van der Waals surface area (Å²) in [6.45, 7) is 2.25. The van der Waals surface area contributed by atoms with Gasteiger partial charge < -0.3 is 5.32 Å². The van der Waals surface area contributed by atoms with Crippen LogP contribution in [0.15, 0.2) is 12.3 Å². The van der Waals surface area contributed by atoms with E-state index in [9.17, 15) is 13.2 Å². The maximum Gasteiger partial charge on any atom is 0.217 e. The van der Waals surface area contributed by atoms with Crippen LogP contribution in [0.3, 0.4) is 0 Å². The van der Waals surface area contributed by atoms with Gasteiger partial charge in [-0.2, -0.15) is 4.31 Å². The topological polar surface area (TPSA) is 92.3 Å². The van der Waals surface area contributed by atoms with Gasteiger partial charge in [-0.15, -0.1) is 0 Å². The minimum Gasteiger partial charge on any atom is -0.351 e. The molecule has 1 saturated heterocycles. The average molecular weight is 298 g/mol. The third-order valence-corrected chi connectivity index (χ3v) is 4.47. The van der Waals surface area contributed by atoms with E-state index in [1.54, 1.807) is 12.3 Å². The average Bonchev–Trinajstić information content (AvgIpc) is 2.86. The first-order chi connectivity index (χ1) is 9.38. The zero-order valence-corrected chi connectivity index (χ0v) is 12.4. The molecule has 7 nitrogen and oxygen atoms in total. The lowest BCUT2D eigenvalue weighted by Crippen LogP contribution is -2.30. The molecule has 0 bridgehead atoms. The highest BCUT2D eigenvalue weighted by Crippen LogP contribution is 2.31. The lowest BCUT2D eigenvalue weighted by Gasteiger charge is -2.21. The highest BCUT2D eigenvalue weighted by atomic mass is 32.2. The normalized spacial score (nSPS) is 20.0. The molecule has 2 heterocycles. The van der Waals surface area contributed by atoms with Crippen molar-refractivity contribution in [3.05, 3.63) is 23.8 Å². The second-order valence-corrected chi connectivity index (χ2v) is 6.78. The van der Waals surface area contributed by atoms with E-state index in [4.69, 9.17) is 0 Å². The Bertz CT molecular complexity index is 602. The Hall–Kier alpha value is -1.54. The van der Waals surface area contributed by atoms with Crippen molar-refractivity contribution in [1.82, 2.24) is 19.6 Å². The minimum atomic E-state index is -3.25. The second-order valence-electron chi connectivity index (χ2n) is 4.85. The number of rotatable bonds is 4. The maximum absolute atomic E-state index is 11.7. The fourth-order valence-corrected chi connectivity index (χ4v) is 3.40. The number of amides is 1. The fraction of sp³-hybridized carbons (Fsp3) is 0.583. The molecule has 0 aliphatic carbocycles. The molecule has 8 heteroatoms. The third kappa shape index (κ3) is 3.51. The number of hydrogen-bond acceptors (Lipinski definition) is 5. The highest BCUT2D eigenvalue weighted by molar-refractivity contribution is 7.88. The molecule has 0 radical (unpaired) electrons. The maximum atomic E-state index is 11.7. The summed E-state index contributed by atoms with van der Waals surface area (Å²) in [5, 5.41) is 2.66. The molecule has 1 unspecified atom stereocenters. The Morgan fingerprint density at radius 1 is 1.55 bits per heavy atom. The van der Waals surface area contributed by atoms with E-state index in [1.807, 2.05) is 0 Å². The van der Waals surface area contributed by atoms with Crippen molar-refractivity contribution in [1.29, 1.82) is 0 Å². The SMILES string of the molecule is CC(=O)NCc1ccnc(C2CCCN2S(C)(=O)=O)n1. The predicted octanol–water partition coefficient (Wildman–Crippen LogP) is 0.209. The number of aromatic nitrogens is 2. The molecule has 2 rings (SSSR count). The van der Waals surface area contributed by atoms with E-state index in [0.717, 1.165) is 12.8 Å². The van der Waals surface area contributed by atoms with Crippen molar-refractivity contribution in [3.8, 4) is 0 Å². The lowest BCUT2D eigenvalue weighted by atomic mass is 10.2. The third-order valence-electron chi connectivity index (χ3n) is 3.18. The Labute approximate surface area is 118 Å². The van der Waals surface area contributed by atoms with Crippen LogP contribution in [0.2, 0.25) is 0 Å². The van der Waals surface area contributed by atoms with E-state index < -0.39 is 10.0 Å². The molecule has 1 aromatic heterocycles. The Morgan fingerprint density at radius 3 is 2.95 bits per heavy atom. The first-order valence-electron chi connectivity index (χ1n) is 6.41. The van der Waals surface area contributed by atoms with Crippen LogP contribution in [0.5, 0.6) is 0 Å². The number of nitrogens with zero attached hydrogens (tertiary/aromatic N) is 3. The molecule has 1 fully saturated rings. The lowest BCUT2D eigenvalue weighted by molar-refractivity contribution is -0.119. The molecule has 1 aromatic rings. The molecule has 1 aliphatic rings. The molecule has 0 spiro atoms. The molecule has 0 saturated carbocycles. The molecule has 0 aromatic carbocycles. The van der Waals surface area contributed by atoms with Crippen LogP contribution in [-0.4, -0.2) is 41.4 Å². The minimum absolute atomic E-state index is 0.135. The van der Waals surface area contributed by atoms with Gasteiger partial charge in [0.15, 0.2) is 0 Å². The van der Waals surface area contributed by atoms with E-state index in [2.05, 4.69) is 15.3 Å². The van der Waals surface area contributed by atoms with Gasteiger partial charge in [-0.05, 0) is 18.9 Å². The largest absolute Gasteiger partial charge is 0.351 e. The smallest absolute Gasteiger partial charge is 0.217 e. The van der Waals surface area contributed by atoms with Gasteiger partial charge >= 0.3 is 0 Å². The summed E-state index contributed by atoms with van der Waals surface area (Å²) in [4.78, 5) is 19.4. The van der Waals surface area contributed by atoms with Gasteiger partial charge in [0.05, 0.1) is 24.5 Å². The number of sulfonamides is 1. The number of hydrogen-bond donors (Lipinski definition) is 1. The first kappa shape index (κ1) is 14.9. The van der Waals surface area contributed by atoms with Crippen LogP contribution in [0.25, 0.3) is 0 Å². The van der Waals surface area contributed by atoms with Gasteiger partial charge in [0, 0.05) is 19.7 Å². The van der Waals surface area contributed by atoms with Crippen molar-refractivity contribution in [3.63, 3.8) is 0 Å². The van der Waals surface area contributed by atoms with Crippen LogP contribution in [0.4, 0.5) is 0 Å². The van der Waals surface area contributed by atoms with E-state index in [0.29, 0.717) is 24.6 Å². The quantitative estimate of drug-likeness (QED) is 0.858. The first-order valence-corrected chi connectivity index (χ1v) is 8.26. The van der Waals surface area contributed by atoms with Crippen LogP contribution in [0, 0.1) is 0 Å². The molecule has 1 amide bonds. The zero-order valence-electron chi connectivity index (χ0n) is 11.5. The van der Waals surface area contributed by atoms with Crippen molar-refractivity contribution in [2.45, 2.75) is 32.4 Å². The van der Waals surface area contributed by atoms with Crippen molar-refractivity contribution >= 4 is 15.9 Å². The molecular formula is C12H18N4O3S. The Kier molecular flexibility index (Phi) is 4.34. The van der Waals surface area contributed by atoms with E-state index >= 15 is 0 Å². The molecule has 1 atom stereocenters. The summed E-state index contributed by atoms with van der Waals surface area (Å²) in [6.07, 6.45) is 4.32. The van der Waals surface area contributed by atoms with Gasteiger partial charge in [-0.1, -0.05) is 0 Å². The second kappa shape index (κ2) is 5.84. The van der Waals surface area contributed by atoms with Gasteiger partial charge in [0.2, 0.25) is 15.9 Å². The van der Waals surface area contributed by atoms with Crippen molar-refractivity contribution in [2.75, 3.05) is 12.8 Å². The molecule has 1 aliphatic heterocycles. The van der Waals surface area contributed by atoms with E-state index in [1.165, 1.54) is 17.5 Å². The fourth-order valence-electron chi connectivity index (χ4n) is 2.28. The van der Waals surface area contributed by atoms with Crippen LogP contribution in [-0.2, 0) is 21.4 Å².